The molecular weight excluding hydrogens is 277 g/mol. The Morgan fingerprint density at radius 2 is 2.15 bits per heavy atom. The number of nitrogens with one attached hydrogen (secondary N) is 1. The van der Waals surface area contributed by atoms with Gasteiger partial charge in [-0.1, -0.05) is 17.8 Å². The van der Waals surface area contributed by atoms with Gasteiger partial charge in [0, 0.05) is 11.1 Å². The molecule has 0 aliphatic heterocycles. The van der Waals surface area contributed by atoms with Crippen LogP contribution in [0.3, 0.4) is 0 Å². The Balaban J connectivity index is 2.14. The number of aromatic amines is 1. The van der Waals surface area contributed by atoms with Crippen molar-refractivity contribution in [1.29, 1.82) is 0 Å². The molecule has 0 bridgehead atoms. The molecule has 4 nitrogen and oxygen atoms in total. The summed E-state index contributed by atoms with van der Waals surface area (Å²) in [4.78, 5) is 20.0. The number of nitrogens with zero attached hydrogens (tertiary/aromatic N) is 1. The van der Waals surface area contributed by atoms with Crippen LogP contribution in [0.1, 0.15) is 10.5 Å². The molecule has 0 fully saturated rings. The van der Waals surface area contributed by atoms with Crippen molar-refractivity contribution >= 4 is 28.7 Å². The number of H-pyrrole nitrogens is 1. The summed E-state index contributed by atoms with van der Waals surface area (Å²) in [5.74, 6) is -0.898. The number of hydrogen-bond acceptors (Lipinski definition) is 3. The van der Waals surface area contributed by atoms with Crippen LogP contribution in [0.2, 0.25) is 0 Å². The van der Waals surface area contributed by atoms with Gasteiger partial charge in [-0.15, -0.1) is 0 Å². The average Bonchev–Trinajstić information content (AvgIpc) is 2.78. The van der Waals surface area contributed by atoms with Gasteiger partial charge in [-0.25, -0.2) is 4.39 Å². The molecule has 100 valence electrons. The van der Waals surface area contributed by atoms with Crippen LogP contribution in [0.25, 0.3) is 11.0 Å². The minimum atomic E-state index is -0.568. The van der Waals surface area contributed by atoms with Crippen molar-refractivity contribution in [3.05, 3.63) is 54.1 Å². The minimum absolute atomic E-state index is 0.285. The van der Waals surface area contributed by atoms with Crippen LogP contribution in [0, 0.1) is 5.82 Å². The summed E-state index contributed by atoms with van der Waals surface area (Å²) in [5, 5.41) is 0. The van der Waals surface area contributed by atoms with Crippen LogP contribution in [-0.2, 0) is 0 Å². The number of halogens is 1. The van der Waals surface area contributed by atoms with Crippen LogP contribution in [-0.4, -0.2) is 15.9 Å². The van der Waals surface area contributed by atoms with Gasteiger partial charge in [0.15, 0.2) is 0 Å². The van der Waals surface area contributed by atoms with Crippen molar-refractivity contribution < 1.29 is 9.18 Å². The number of carbonyl (C=O) groups excluding carboxylic acids is 1. The van der Waals surface area contributed by atoms with Gasteiger partial charge in [0.1, 0.15) is 17.0 Å². The van der Waals surface area contributed by atoms with E-state index in [0.29, 0.717) is 15.3 Å². The van der Waals surface area contributed by atoms with Crippen molar-refractivity contribution in [2.24, 2.45) is 5.73 Å². The number of pyridine rings is 1. The lowest BCUT2D eigenvalue weighted by Gasteiger charge is -2.02. The van der Waals surface area contributed by atoms with Crippen molar-refractivity contribution in [1.82, 2.24) is 9.97 Å². The van der Waals surface area contributed by atoms with E-state index in [1.807, 2.05) is 6.07 Å². The summed E-state index contributed by atoms with van der Waals surface area (Å²) in [7, 11) is 0. The van der Waals surface area contributed by atoms with Crippen molar-refractivity contribution in [2.45, 2.75) is 9.79 Å². The molecule has 0 radical (unpaired) electrons. The van der Waals surface area contributed by atoms with Crippen LogP contribution in [0.15, 0.2) is 52.4 Å². The van der Waals surface area contributed by atoms with E-state index < -0.39 is 5.91 Å². The van der Waals surface area contributed by atoms with Gasteiger partial charge in [0.05, 0.1) is 10.4 Å². The molecule has 2 aromatic heterocycles. The van der Waals surface area contributed by atoms with E-state index in [1.54, 1.807) is 24.4 Å². The molecule has 1 aromatic carbocycles. The van der Waals surface area contributed by atoms with Crippen molar-refractivity contribution in [3.63, 3.8) is 0 Å². The molecule has 3 aromatic rings. The van der Waals surface area contributed by atoms with Gasteiger partial charge in [-0.05, 0) is 30.3 Å². The number of carbonyl (C=O) groups is 1. The number of hydrogen-bond donors (Lipinski definition) is 2. The van der Waals surface area contributed by atoms with Gasteiger partial charge in [0.2, 0.25) is 0 Å². The number of amides is 1. The molecule has 1 amide bonds. The highest BCUT2D eigenvalue weighted by atomic mass is 32.2. The lowest BCUT2D eigenvalue weighted by molar-refractivity contribution is 0.0993. The van der Waals surface area contributed by atoms with Gasteiger partial charge in [-0.2, -0.15) is 0 Å². The summed E-state index contributed by atoms with van der Waals surface area (Å²) in [6.07, 6.45) is 1.64. The van der Waals surface area contributed by atoms with Crippen molar-refractivity contribution in [3.8, 4) is 0 Å². The number of aromatic nitrogens is 2. The monoisotopic (exact) mass is 287 g/mol. The Bertz CT molecular complexity index is 800. The van der Waals surface area contributed by atoms with E-state index >= 15 is 0 Å². The number of primary amides is 1. The normalized spacial score (nSPS) is 10.8. The zero-order valence-corrected chi connectivity index (χ0v) is 11.1. The fourth-order valence-electron chi connectivity index (χ4n) is 1.92. The van der Waals surface area contributed by atoms with Gasteiger partial charge in [-0.3, -0.25) is 9.78 Å². The quantitative estimate of drug-likeness (QED) is 0.778. The highest BCUT2D eigenvalue weighted by Gasteiger charge is 2.17. The molecule has 0 spiro atoms. The molecule has 6 heteroatoms. The Kier molecular flexibility index (Phi) is 3.15. The first-order valence-corrected chi connectivity index (χ1v) is 6.67. The zero-order chi connectivity index (χ0) is 14.1. The van der Waals surface area contributed by atoms with Crippen molar-refractivity contribution in [2.75, 3.05) is 0 Å². The Morgan fingerprint density at radius 1 is 1.30 bits per heavy atom. The first-order valence-electron chi connectivity index (χ1n) is 5.85. The fraction of sp³-hybridized carbons (Fsp3) is 0. The van der Waals surface area contributed by atoms with Crippen LogP contribution < -0.4 is 5.73 Å². The third-order valence-corrected chi connectivity index (χ3v) is 3.86. The lowest BCUT2D eigenvalue weighted by Crippen LogP contribution is -2.12. The molecule has 0 aliphatic rings. The van der Waals surface area contributed by atoms with E-state index in [4.69, 9.17) is 5.73 Å². The van der Waals surface area contributed by atoms with E-state index in [-0.39, 0.29) is 11.5 Å². The Morgan fingerprint density at radius 3 is 2.90 bits per heavy atom. The standard InChI is InChI=1S/C14H10FN3OS/c15-8-3-1-4-9(7-8)20-13-11-10(5-2-6-17-11)18-12(13)14(16)19/h1-7,18H,(H2,16,19). The number of benzene rings is 1. The molecule has 0 atom stereocenters. The number of fused-ring (bicyclic) bond motifs is 1. The third kappa shape index (κ3) is 2.25. The van der Waals surface area contributed by atoms with E-state index in [2.05, 4.69) is 9.97 Å². The Labute approximate surface area is 118 Å². The average molecular weight is 287 g/mol. The van der Waals surface area contributed by atoms with Gasteiger partial charge in [0.25, 0.3) is 5.91 Å². The zero-order valence-electron chi connectivity index (χ0n) is 10.3. The highest BCUT2D eigenvalue weighted by molar-refractivity contribution is 7.99. The molecule has 3 N–H and O–H groups in total. The number of rotatable bonds is 3. The third-order valence-electron chi connectivity index (χ3n) is 2.77. The van der Waals surface area contributed by atoms with Gasteiger partial charge >= 0.3 is 0 Å². The second kappa shape index (κ2) is 4.97. The largest absolute Gasteiger partial charge is 0.364 e. The van der Waals surface area contributed by atoms with Crippen LogP contribution >= 0.6 is 11.8 Å². The first kappa shape index (κ1) is 12.7. The molecule has 0 unspecified atom stereocenters. The maximum Gasteiger partial charge on any atom is 0.266 e. The molecule has 0 saturated heterocycles. The van der Waals surface area contributed by atoms with E-state index in [9.17, 15) is 9.18 Å². The minimum Gasteiger partial charge on any atom is -0.364 e. The topological polar surface area (TPSA) is 71.8 Å². The summed E-state index contributed by atoms with van der Waals surface area (Å²) in [6, 6.07) is 9.72. The second-order valence-electron chi connectivity index (χ2n) is 4.15. The van der Waals surface area contributed by atoms with E-state index in [1.165, 1.54) is 23.9 Å². The molecule has 20 heavy (non-hydrogen) atoms. The summed E-state index contributed by atoms with van der Waals surface area (Å²) < 4.78 is 13.2. The summed E-state index contributed by atoms with van der Waals surface area (Å²) in [5.41, 5.74) is 7.03. The molecule has 0 aliphatic carbocycles. The summed E-state index contributed by atoms with van der Waals surface area (Å²) in [6.45, 7) is 0. The predicted molar refractivity (Wildman–Crippen MR) is 75.1 cm³/mol. The molecule has 0 saturated carbocycles. The second-order valence-corrected chi connectivity index (χ2v) is 5.24. The maximum absolute atomic E-state index is 13.2. The molecular formula is C14H10FN3OS. The van der Waals surface area contributed by atoms with E-state index in [0.717, 1.165) is 5.52 Å². The molecule has 3 rings (SSSR count). The SMILES string of the molecule is NC(=O)c1[nH]c2cccnc2c1Sc1cccc(F)c1. The van der Waals surface area contributed by atoms with Crippen LogP contribution in [0.4, 0.5) is 4.39 Å². The summed E-state index contributed by atoms with van der Waals surface area (Å²) >= 11 is 1.26. The fourth-order valence-corrected chi connectivity index (χ4v) is 2.98. The lowest BCUT2D eigenvalue weighted by atomic mass is 10.3. The maximum atomic E-state index is 13.2. The highest BCUT2D eigenvalue weighted by Crippen LogP contribution is 2.35. The smallest absolute Gasteiger partial charge is 0.266 e. The van der Waals surface area contributed by atoms with Gasteiger partial charge < -0.3 is 10.7 Å². The molecule has 2 heterocycles. The number of nitrogens with two attached hydrogens (primary N) is 1. The first-order chi connectivity index (χ1) is 9.65. The Hall–Kier alpha value is -2.34. The van der Waals surface area contributed by atoms with Crippen LogP contribution in [0.5, 0.6) is 0 Å². The predicted octanol–water partition coefficient (Wildman–Crippen LogP) is 2.95.